The number of thiol groups is 1. The summed E-state index contributed by atoms with van der Waals surface area (Å²) in [4.78, 5) is 56.0. The molecule has 5 aromatic carbocycles. The van der Waals surface area contributed by atoms with Gasteiger partial charge in [-0.05, 0) is 51.9 Å². The fourth-order valence-corrected chi connectivity index (χ4v) is 7.03. The highest BCUT2D eigenvalue weighted by Gasteiger charge is 2.45. The number of Topliss-reactive ketones (excluding diaryl/α,β-unsaturated/α-hetero) is 1. The lowest BCUT2D eigenvalue weighted by atomic mass is 9.62. The highest BCUT2D eigenvalue weighted by Crippen LogP contribution is 2.48. The molecule has 0 aliphatic rings. The number of carbonyl (C=O) groups is 4. The van der Waals surface area contributed by atoms with Crippen LogP contribution < -0.4 is 17.2 Å². The Balaban J connectivity index is 1.78. The Morgan fingerprint density at radius 3 is 1.60 bits per heavy atom. The second kappa shape index (κ2) is 17.3. The van der Waals surface area contributed by atoms with Crippen LogP contribution in [-0.2, 0) is 32.6 Å². The van der Waals surface area contributed by atoms with E-state index < -0.39 is 53.5 Å². The number of phenols is 1. The van der Waals surface area contributed by atoms with E-state index >= 15 is 0 Å². The van der Waals surface area contributed by atoms with E-state index in [1.165, 1.54) is 12.1 Å². The number of carboxylic acids is 1. The molecule has 0 aliphatic heterocycles. The number of nitrogens with two attached hydrogens (primary N) is 3. The molecule has 272 valence electrons. The van der Waals surface area contributed by atoms with Gasteiger partial charge in [-0.15, -0.1) is 0 Å². The van der Waals surface area contributed by atoms with Crippen LogP contribution in [0.2, 0.25) is 0 Å². The first-order valence-electron chi connectivity index (χ1n) is 17.1. The first-order valence-corrected chi connectivity index (χ1v) is 17.7. The molecule has 11 heteroatoms. The van der Waals surface area contributed by atoms with Crippen molar-refractivity contribution in [1.82, 2.24) is 4.90 Å². The molecule has 0 radical (unpaired) electrons. The molecular formula is C42H42N4O6S. The van der Waals surface area contributed by atoms with Gasteiger partial charge in [0.05, 0.1) is 24.0 Å². The van der Waals surface area contributed by atoms with Gasteiger partial charge in [0.1, 0.15) is 11.8 Å². The lowest BCUT2D eigenvalue weighted by Crippen LogP contribution is -2.59. The van der Waals surface area contributed by atoms with Gasteiger partial charge in [-0.1, -0.05) is 121 Å². The molecule has 8 N–H and O–H groups in total. The van der Waals surface area contributed by atoms with Crippen molar-refractivity contribution in [2.75, 3.05) is 12.3 Å². The van der Waals surface area contributed by atoms with Crippen LogP contribution >= 0.6 is 12.6 Å². The van der Waals surface area contributed by atoms with Crippen LogP contribution in [0.15, 0.2) is 133 Å². The third kappa shape index (κ3) is 8.08. The molecule has 5 aromatic rings. The normalized spacial score (nSPS) is 13.1. The number of benzene rings is 5. The van der Waals surface area contributed by atoms with Crippen LogP contribution in [0.25, 0.3) is 0 Å². The maximum Gasteiger partial charge on any atom is 0.327 e. The minimum absolute atomic E-state index is 0.0138. The number of aromatic hydroxyl groups is 1. The summed E-state index contributed by atoms with van der Waals surface area (Å²) in [6.07, 6.45) is -0.469. The van der Waals surface area contributed by atoms with Crippen molar-refractivity contribution in [3.63, 3.8) is 0 Å². The standard InChI is InChI=1S/C42H42N4O6S/c43-25-37(48)33-18-10-11-28(38(33)42(29-12-4-1-5-13-29,30-14-6-2-7-15-30)31-16-8-3-9-17-31)24-36(41(51)52)46(40(50)35(45)26-53)39(49)34(44)23-27-19-21-32(47)22-20-27/h1-22,34-36,47,53H,23-26,43-45H2,(H,51,52). The fraction of sp³-hybridized carbons (Fsp3) is 0.190. The van der Waals surface area contributed by atoms with E-state index in [2.05, 4.69) is 12.6 Å². The average Bonchev–Trinajstić information content (AvgIpc) is 3.19. The van der Waals surface area contributed by atoms with E-state index in [1.54, 1.807) is 30.3 Å². The molecule has 0 spiro atoms. The predicted octanol–water partition coefficient (Wildman–Crippen LogP) is 4.09. The maximum absolute atomic E-state index is 14.2. The maximum atomic E-state index is 14.2. The molecule has 2 amide bonds. The molecule has 0 aliphatic carbocycles. The van der Waals surface area contributed by atoms with Crippen LogP contribution in [0.1, 0.15) is 43.7 Å². The van der Waals surface area contributed by atoms with E-state index in [9.17, 15) is 29.4 Å². The number of aliphatic carboxylic acids is 1. The number of nitrogens with zero attached hydrogens (tertiary/aromatic N) is 1. The third-order valence-electron chi connectivity index (χ3n) is 9.34. The summed E-state index contributed by atoms with van der Waals surface area (Å²) in [7, 11) is 0. The van der Waals surface area contributed by atoms with E-state index in [0.717, 1.165) is 16.7 Å². The summed E-state index contributed by atoms with van der Waals surface area (Å²) in [5.41, 5.74) is 21.3. The van der Waals surface area contributed by atoms with Gasteiger partial charge in [0.2, 0.25) is 11.8 Å². The molecule has 3 unspecified atom stereocenters. The molecular weight excluding hydrogens is 689 g/mol. The number of amides is 2. The molecule has 0 saturated carbocycles. The summed E-state index contributed by atoms with van der Waals surface area (Å²) in [5, 5.41) is 20.6. The minimum Gasteiger partial charge on any atom is -0.508 e. The number of imide groups is 1. The SMILES string of the molecule is NCC(=O)c1cccc(CC(C(=O)O)N(C(=O)C(N)CS)C(=O)C(N)Cc2ccc(O)cc2)c1C(c1ccccc1)(c1ccccc1)c1ccccc1. The van der Waals surface area contributed by atoms with Crippen LogP contribution in [0.3, 0.4) is 0 Å². The van der Waals surface area contributed by atoms with E-state index in [0.29, 0.717) is 21.6 Å². The van der Waals surface area contributed by atoms with Gasteiger partial charge in [-0.25, -0.2) is 4.79 Å². The van der Waals surface area contributed by atoms with Gasteiger partial charge in [-0.2, -0.15) is 12.6 Å². The smallest absolute Gasteiger partial charge is 0.327 e. The van der Waals surface area contributed by atoms with E-state index in [-0.39, 0.29) is 30.0 Å². The molecule has 0 bridgehead atoms. The topological polar surface area (TPSA) is 190 Å². The monoisotopic (exact) mass is 730 g/mol. The van der Waals surface area contributed by atoms with Crippen molar-refractivity contribution in [3.05, 3.63) is 172 Å². The quantitative estimate of drug-likeness (QED) is 0.0524. The second-order valence-electron chi connectivity index (χ2n) is 12.7. The molecule has 0 heterocycles. The number of phenolic OH excluding ortho intramolecular Hbond substituents is 1. The van der Waals surface area contributed by atoms with Crippen LogP contribution in [0, 0.1) is 0 Å². The van der Waals surface area contributed by atoms with Gasteiger partial charge < -0.3 is 27.4 Å². The Kier molecular flexibility index (Phi) is 12.6. The van der Waals surface area contributed by atoms with Crippen LogP contribution in [0.4, 0.5) is 0 Å². The summed E-state index contributed by atoms with van der Waals surface area (Å²) in [6, 6.07) is 35.1. The number of ketones is 1. The molecule has 0 fully saturated rings. The lowest BCUT2D eigenvalue weighted by Gasteiger charge is -2.40. The Bertz CT molecular complexity index is 1950. The Morgan fingerprint density at radius 2 is 1.15 bits per heavy atom. The lowest BCUT2D eigenvalue weighted by molar-refractivity contribution is -0.159. The van der Waals surface area contributed by atoms with E-state index in [1.807, 2.05) is 91.0 Å². The zero-order chi connectivity index (χ0) is 38.1. The van der Waals surface area contributed by atoms with Crippen molar-refractivity contribution in [2.45, 2.75) is 36.4 Å². The van der Waals surface area contributed by atoms with Crippen molar-refractivity contribution in [1.29, 1.82) is 0 Å². The van der Waals surface area contributed by atoms with Crippen molar-refractivity contribution < 1.29 is 29.4 Å². The molecule has 53 heavy (non-hydrogen) atoms. The van der Waals surface area contributed by atoms with Gasteiger partial charge in [0, 0.05) is 17.7 Å². The summed E-state index contributed by atoms with van der Waals surface area (Å²) < 4.78 is 0. The number of hydrogen-bond donors (Lipinski definition) is 6. The molecule has 3 atom stereocenters. The largest absolute Gasteiger partial charge is 0.508 e. The number of rotatable bonds is 15. The first-order chi connectivity index (χ1) is 25.5. The fourth-order valence-electron chi connectivity index (χ4n) is 6.87. The van der Waals surface area contributed by atoms with E-state index in [4.69, 9.17) is 17.2 Å². The zero-order valence-electron chi connectivity index (χ0n) is 28.9. The molecule has 0 saturated heterocycles. The van der Waals surface area contributed by atoms with Gasteiger partial charge in [0.25, 0.3) is 0 Å². The second-order valence-corrected chi connectivity index (χ2v) is 13.1. The van der Waals surface area contributed by atoms with Gasteiger partial charge >= 0.3 is 5.97 Å². The predicted molar refractivity (Wildman–Crippen MR) is 207 cm³/mol. The van der Waals surface area contributed by atoms with Crippen molar-refractivity contribution in [2.24, 2.45) is 17.2 Å². The highest BCUT2D eigenvalue weighted by molar-refractivity contribution is 7.80. The van der Waals surface area contributed by atoms with Crippen molar-refractivity contribution in [3.8, 4) is 5.75 Å². The molecule has 5 rings (SSSR count). The molecule has 0 aromatic heterocycles. The Hall–Kier alpha value is -5.59. The highest BCUT2D eigenvalue weighted by atomic mass is 32.1. The van der Waals surface area contributed by atoms with Gasteiger partial charge in [-0.3, -0.25) is 19.3 Å². The molecule has 10 nitrogen and oxygen atoms in total. The Morgan fingerprint density at radius 1 is 0.660 bits per heavy atom. The van der Waals surface area contributed by atoms with Crippen LogP contribution in [0.5, 0.6) is 5.75 Å². The van der Waals surface area contributed by atoms with Gasteiger partial charge in [0.15, 0.2) is 5.78 Å². The summed E-state index contributed by atoms with van der Waals surface area (Å²) in [6.45, 7) is -0.334. The third-order valence-corrected chi connectivity index (χ3v) is 9.73. The summed E-state index contributed by atoms with van der Waals surface area (Å²) >= 11 is 4.17. The Labute approximate surface area is 313 Å². The minimum atomic E-state index is -1.80. The number of carboxylic acid groups (broad SMARTS) is 1. The van der Waals surface area contributed by atoms with Crippen LogP contribution in [-0.4, -0.2) is 69.1 Å². The summed E-state index contributed by atoms with van der Waals surface area (Å²) in [5.74, 6) is -3.95. The number of carbonyl (C=O) groups excluding carboxylic acids is 3. The average molecular weight is 731 g/mol. The van der Waals surface area contributed by atoms with Crippen molar-refractivity contribution >= 4 is 36.2 Å². The zero-order valence-corrected chi connectivity index (χ0v) is 29.8. The number of hydrogen-bond acceptors (Lipinski definition) is 9. The first kappa shape index (κ1) is 38.6.